The minimum Gasteiger partial charge on any atom is -0.444 e. The highest BCUT2D eigenvalue weighted by molar-refractivity contribution is 5.86. The number of hydrogen-bond donors (Lipinski definition) is 0. The highest BCUT2D eigenvalue weighted by Crippen LogP contribution is 2.53. The summed E-state index contributed by atoms with van der Waals surface area (Å²) in [5.74, 6) is 0.230. The Morgan fingerprint density at radius 3 is 2.32 bits per heavy atom. The fraction of sp³-hybridized carbons (Fsp3) is 0.867. The molecule has 4 heteroatoms. The average Bonchev–Trinajstić information content (AvgIpc) is 3.07. The van der Waals surface area contributed by atoms with E-state index in [-0.39, 0.29) is 23.3 Å². The molecule has 1 aliphatic carbocycles. The van der Waals surface area contributed by atoms with Crippen molar-refractivity contribution in [2.45, 2.75) is 71.4 Å². The van der Waals surface area contributed by atoms with Crippen molar-refractivity contribution < 1.29 is 14.3 Å². The van der Waals surface area contributed by atoms with Crippen LogP contribution in [0.5, 0.6) is 0 Å². The molecule has 108 valence electrons. The molecule has 1 atom stereocenters. The Balaban J connectivity index is 2.13. The third kappa shape index (κ3) is 2.93. The van der Waals surface area contributed by atoms with Gasteiger partial charge in [-0.15, -0.1) is 0 Å². The number of rotatable bonds is 2. The average molecular weight is 267 g/mol. The Labute approximate surface area is 115 Å². The maximum atomic E-state index is 12.3. The van der Waals surface area contributed by atoms with E-state index in [1.807, 2.05) is 25.7 Å². The Morgan fingerprint density at radius 2 is 1.84 bits per heavy atom. The van der Waals surface area contributed by atoms with Gasteiger partial charge in [-0.3, -0.25) is 4.79 Å². The second-order valence-electron chi connectivity index (χ2n) is 6.90. The van der Waals surface area contributed by atoms with Gasteiger partial charge in [0.25, 0.3) is 0 Å². The predicted molar refractivity (Wildman–Crippen MR) is 72.9 cm³/mol. The van der Waals surface area contributed by atoms with Gasteiger partial charge in [-0.1, -0.05) is 0 Å². The lowest BCUT2D eigenvalue weighted by molar-refractivity contribution is -0.125. The van der Waals surface area contributed by atoms with Crippen molar-refractivity contribution in [3.05, 3.63) is 0 Å². The van der Waals surface area contributed by atoms with Crippen LogP contribution in [-0.2, 0) is 9.53 Å². The van der Waals surface area contributed by atoms with E-state index < -0.39 is 5.60 Å². The first kappa shape index (κ1) is 14.4. The van der Waals surface area contributed by atoms with Crippen molar-refractivity contribution in [1.82, 2.24) is 4.90 Å². The summed E-state index contributed by atoms with van der Waals surface area (Å²) in [5.41, 5.74) is -0.747. The van der Waals surface area contributed by atoms with Crippen molar-refractivity contribution in [2.75, 3.05) is 6.54 Å². The molecule has 2 fully saturated rings. The number of ether oxygens (including phenoxy) is 1. The first-order valence-corrected chi connectivity index (χ1v) is 7.27. The Morgan fingerprint density at radius 1 is 1.21 bits per heavy atom. The van der Waals surface area contributed by atoms with Crippen molar-refractivity contribution in [1.29, 1.82) is 0 Å². The van der Waals surface area contributed by atoms with Crippen LogP contribution in [0.2, 0.25) is 0 Å². The molecule has 1 saturated heterocycles. The zero-order valence-corrected chi connectivity index (χ0v) is 12.5. The lowest BCUT2D eigenvalue weighted by atomic mass is 9.85. The van der Waals surface area contributed by atoms with E-state index in [0.717, 1.165) is 32.1 Å². The van der Waals surface area contributed by atoms with E-state index in [4.69, 9.17) is 4.74 Å². The largest absolute Gasteiger partial charge is 0.444 e. The minimum absolute atomic E-state index is 0.0496. The summed E-state index contributed by atoms with van der Waals surface area (Å²) in [7, 11) is 0. The molecule has 0 radical (unpaired) electrons. The highest BCUT2D eigenvalue weighted by atomic mass is 16.6. The number of carbonyl (C=O) groups is 2. The van der Waals surface area contributed by atoms with Crippen LogP contribution in [0.15, 0.2) is 0 Å². The Hall–Kier alpha value is -1.06. The molecule has 4 nitrogen and oxygen atoms in total. The molecule has 2 aliphatic rings. The van der Waals surface area contributed by atoms with Gasteiger partial charge in [0, 0.05) is 18.0 Å². The molecule has 0 aromatic rings. The molecular weight excluding hydrogens is 242 g/mol. The van der Waals surface area contributed by atoms with E-state index in [9.17, 15) is 9.59 Å². The van der Waals surface area contributed by atoms with E-state index in [1.54, 1.807) is 6.92 Å². The van der Waals surface area contributed by atoms with Gasteiger partial charge >= 0.3 is 6.09 Å². The van der Waals surface area contributed by atoms with Crippen molar-refractivity contribution in [3.63, 3.8) is 0 Å². The lowest BCUT2D eigenvalue weighted by Crippen LogP contribution is -2.51. The lowest BCUT2D eigenvalue weighted by Gasteiger charge is -2.40. The third-order valence-electron chi connectivity index (χ3n) is 4.26. The van der Waals surface area contributed by atoms with E-state index in [1.165, 1.54) is 0 Å². The molecule has 1 saturated carbocycles. The van der Waals surface area contributed by atoms with Gasteiger partial charge < -0.3 is 9.64 Å². The van der Waals surface area contributed by atoms with Crippen LogP contribution in [-0.4, -0.2) is 35.0 Å². The first-order chi connectivity index (χ1) is 8.76. The van der Waals surface area contributed by atoms with Gasteiger partial charge in [-0.25, -0.2) is 4.79 Å². The minimum atomic E-state index is -0.480. The smallest absolute Gasteiger partial charge is 0.410 e. The van der Waals surface area contributed by atoms with Gasteiger partial charge in [0.05, 0.1) is 0 Å². The zero-order valence-electron chi connectivity index (χ0n) is 12.5. The number of piperidine rings is 1. The fourth-order valence-electron chi connectivity index (χ4n) is 3.10. The van der Waals surface area contributed by atoms with Crippen molar-refractivity contribution in [3.8, 4) is 0 Å². The maximum Gasteiger partial charge on any atom is 0.410 e. The predicted octanol–water partition coefficient (Wildman–Crippen LogP) is 3.15. The van der Waals surface area contributed by atoms with Crippen LogP contribution >= 0.6 is 0 Å². The van der Waals surface area contributed by atoms with Crippen LogP contribution < -0.4 is 0 Å². The highest BCUT2D eigenvalue weighted by Gasteiger charge is 2.56. The molecule has 1 amide bonds. The maximum absolute atomic E-state index is 12.3. The quantitative estimate of drug-likeness (QED) is 0.772. The number of ketones is 1. The first-order valence-electron chi connectivity index (χ1n) is 7.27. The standard InChI is InChI=1S/C15H25NO3/c1-11(17)15(8-9-15)12-7-5-6-10-16(12)13(18)19-14(2,3)4/h12H,5-10H2,1-4H3. The normalized spacial score (nSPS) is 25.9. The van der Waals surface area contributed by atoms with Gasteiger partial charge in [-0.2, -0.15) is 0 Å². The molecule has 0 bridgehead atoms. The summed E-state index contributed by atoms with van der Waals surface area (Å²) in [6.07, 6.45) is 4.62. The molecule has 1 heterocycles. The molecule has 0 N–H and O–H groups in total. The molecule has 0 spiro atoms. The second-order valence-corrected chi connectivity index (χ2v) is 6.90. The number of Topliss-reactive ketones (excluding diaryl/α,β-unsaturated/α-hetero) is 1. The van der Waals surface area contributed by atoms with Crippen LogP contribution in [0.1, 0.15) is 59.8 Å². The number of carbonyl (C=O) groups excluding carboxylic acids is 2. The molecule has 0 aromatic heterocycles. The third-order valence-corrected chi connectivity index (χ3v) is 4.26. The number of likely N-dealkylation sites (tertiary alicyclic amines) is 1. The summed E-state index contributed by atoms with van der Waals surface area (Å²) in [5, 5.41) is 0. The number of nitrogens with zero attached hydrogens (tertiary/aromatic N) is 1. The summed E-state index contributed by atoms with van der Waals surface area (Å²) < 4.78 is 5.49. The van der Waals surface area contributed by atoms with Crippen LogP contribution in [0.25, 0.3) is 0 Å². The molecule has 19 heavy (non-hydrogen) atoms. The van der Waals surface area contributed by atoms with Crippen LogP contribution in [0, 0.1) is 5.41 Å². The molecule has 2 rings (SSSR count). The van der Waals surface area contributed by atoms with Gasteiger partial charge in [0.2, 0.25) is 0 Å². The van der Waals surface area contributed by atoms with Crippen LogP contribution in [0.3, 0.4) is 0 Å². The van der Waals surface area contributed by atoms with Crippen LogP contribution in [0.4, 0.5) is 4.79 Å². The number of amides is 1. The second kappa shape index (κ2) is 4.80. The molecule has 1 unspecified atom stereocenters. The van der Waals surface area contributed by atoms with E-state index in [0.29, 0.717) is 6.54 Å². The summed E-state index contributed by atoms with van der Waals surface area (Å²) in [6, 6.07) is 0.0496. The summed E-state index contributed by atoms with van der Waals surface area (Å²) in [4.78, 5) is 26.0. The summed E-state index contributed by atoms with van der Waals surface area (Å²) in [6.45, 7) is 8.01. The van der Waals surface area contributed by atoms with Crippen molar-refractivity contribution in [2.24, 2.45) is 5.41 Å². The van der Waals surface area contributed by atoms with Gasteiger partial charge in [0.1, 0.15) is 11.4 Å². The molecular formula is C15H25NO3. The SMILES string of the molecule is CC(=O)C1(C2CCCCN2C(=O)OC(C)(C)C)CC1. The molecule has 1 aliphatic heterocycles. The fourth-order valence-corrected chi connectivity index (χ4v) is 3.10. The Bertz CT molecular complexity index is 379. The van der Waals surface area contributed by atoms with E-state index in [2.05, 4.69) is 0 Å². The Kier molecular flexibility index (Phi) is 3.63. The van der Waals surface area contributed by atoms with Crippen molar-refractivity contribution >= 4 is 11.9 Å². The summed E-state index contributed by atoms with van der Waals surface area (Å²) >= 11 is 0. The molecule has 0 aromatic carbocycles. The monoisotopic (exact) mass is 267 g/mol. The topological polar surface area (TPSA) is 46.6 Å². The van der Waals surface area contributed by atoms with Gasteiger partial charge in [-0.05, 0) is 59.8 Å². The van der Waals surface area contributed by atoms with Gasteiger partial charge in [0.15, 0.2) is 0 Å². The number of hydrogen-bond acceptors (Lipinski definition) is 3. The van der Waals surface area contributed by atoms with E-state index >= 15 is 0 Å². The zero-order chi connectivity index (χ0) is 14.3.